The van der Waals surface area contributed by atoms with Gasteiger partial charge in [0.05, 0.1) is 11.9 Å². The van der Waals surface area contributed by atoms with Crippen molar-refractivity contribution in [2.24, 2.45) is 0 Å². The molecule has 124 valence electrons. The second-order valence-electron chi connectivity index (χ2n) is 5.40. The van der Waals surface area contributed by atoms with Crippen molar-refractivity contribution in [3.63, 3.8) is 0 Å². The predicted molar refractivity (Wildman–Crippen MR) is 87.7 cm³/mol. The largest absolute Gasteiger partial charge is 0.481 e. The minimum Gasteiger partial charge on any atom is -0.481 e. The zero-order chi connectivity index (χ0) is 16.9. The first kappa shape index (κ1) is 18.3. The summed E-state index contributed by atoms with van der Waals surface area (Å²) in [5, 5.41) is 2.81. The summed E-state index contributed by atoms with van der Waals surface area (Å²) in [5.41, 5.74) is 0.537. The van der Waals surface area contributed by atoms with Crippen LogP contribution in [0.3, 0.4) is 0 Å². The van der Waals surface area contributed by atoms with E-state index in [1.807, 2.05) is 20.8 Å². The van der Waals surface area contributed by atoms with E-state index in [4.69, 9.17) is 4.74 Å². The van der Waals surface area contributed by atoms with E-state index in [2.05, 4.69) is 5.32 Å². The molecule has 1 amide bonds. The third kappa shape index (κ3) is 5.22. The van der Waals surface area contributed by atoms with Gasteiger partial charge < -0.3 is 10.1 Å². The molecule has 7 heteroatoms. The van der Waals surface area contributed by atoms with Gasteiger partial charge in [0.25, 0.3) is 5.91 Å². The SMILES string of the molecule is CC[C@@H](Oc1ccc(N(C)S(C)(=O)=O)cc1)C(=O)NC(C)C. The van der Waals surface area contributed by atoms with Gasteiger partial charge in [-0.25, -0.2) is 8.42 Å². The molecule has 0 unspecified atom stereocenters. The molecule has 6 nitrogen and oxygen atoms in total. The number of ether oxygens (including phenoxy) is 1. The average molecular weight is 328 g/mol. The number of anilines is 1. The first-order valence-electron chi connectivity index (χ1n) is 7.16. The Morgan fingerprint density at radius 1 is 1.27 bits per heavy atom. The lowest BCUT2D eigenvalue weighted by atomic mass is 10.2. The van der Waals surface area contributed by atoms with Crippen molar-refractivity contribution in [3.8, 4) is 5.75 Å². The number of hydrogen-bond acceptors (Lipinski definition) is 4. The standard InChI is InChI=1S/C15H24N2O4S/c1-6-14(15(18)16-11(2)3)21-13-9-7-12(8-10-13)17(4)22(5,19)20/h7-11,14H,6H2,1-5H3,(H,16,18)/t14-/m1/s1. The molecule has 0 aromatic heterocycles. The fourth-order valence-corrected chi connectivity index (χ4v) is 2.29. The van der Waals surface area contributed by atoms with Crippen LogP contribution in [0.25, 0.3) is 0 Å². The Hall–Kier alpha value is -1.76. The highest BCUT2D eigenvalue weighted by molar-refractivity contribution is 7.92. The van der Waals surface area contributed by atoms with Crippen LogP contribution in [0.1, 0.15) is 27.2 Å². The molecule has 1 atom stereocenters. The molecular formula is C15H24N2O4S. The predicted octanol–water partition coefficient (Wildman–Crippen LogP) is 1.76. The number of nitrogens with zero attached hydrogens (tertiary/aromatic N) is 1. The minimum atomic E-state index is -3.29. The van der Waals surface area contributed by atoms with Gasteiger partial charge in [0, 0.05) is 13.1 Å². The fourth-order valence-electron chi connectivity index (χ4n) is 1.79. The van der Waals surface area contributed by atoms with Crippen LogP contribution in [-0.4, -0.2) is 39.8 Å². The van der Waals surface area contributed by atoms with Crippen molar-refractivity contribution in [2.75, 3.05) is 17.6 Å². The first-order valence-corrected chi connectivity index (χ1v) is 9.01. The average Bonchev–Trinajstić information content (AvgIpc) is 2.42. The third-order valence-corrected chi connectivity index (χ3v) is 4.28. The van der Waals surface area contributed by atoms with Gasteiger partial charge in [-0.1, -0.05) is 6.92 Å². The molecule has 1 aromatic rings. The van der Waals surface area contributed by atoms with Gasteiger partial charge in [-0.15, -0.1) is 0 Å². The van der Waals surface area contributed by atoms with Gasteiger partial charge in [-0.2, -0.15) is 0 Å². The zero-order valence-electron chi connectivity index (χ0n) is 13.7. The van der Waals surface area contributed by atoms with E-state index in [1.165, 1.54) is 11.4 Å². The Bertz CT molecular complexity index is 596. The third-order valence-electron chi connectivity index (χ3n) is 3.07. The Labute approximate surface area is 132 Å². The molecule has 0 aliphatic heterocycles. The summed E-state index contributed by atoms with van der Waals surface area (Å²) in [7, 11) is -1.81. The molecule has 22 heavy (non-hydrogen) atoms. The normalized spacial score (nSPS) is 12.8. The fraction of sp³-hybridized carbons (Fsp3) is 0.533. The summed E-state index contributed by atoms with van der Waals surface area (Å²) in [6.45, 7) is 5.65. The molecule has 0 saturated carbocycles. The molecular weight excluding hydrogens is 304 g/mol. The van der Waals surface area contributed by atoms with E-state index in [0.717, 1.165) is 6.26 Å². The topological polar surface area (TPSA) is 75.7 Å². The number of nitrogens with one attached hydrogen (secondary N) is 1. The van der Waals surface area contributed by atoms with Crippen molar-refractivity contribution < 1.29 is 17.9 Å². The van der Waals surface area contributed by atoms with Gasteiger partial charge in [0.15, 0.2) is 6.10 Å². The number of rotatable bonds is 7. The highest BCUT2D eigenvalue weighted by Crippen LogP contribution is 2.21. The van der Waals surface area contributed by atoms with Crippen molar-refractivity contribution >= 4 is 21.6 Å². The van der Waals surface area contributed by atoms with Crippen LogP contribution in [0.2, 0.25) is 0 Å². The molecule has 0 aliphatic carbocycles. The van der Waals surface area contributed by atoms with E-state index in [9.17, 15) is 13.2 Å². The van der Waals surface area contributed by atoms with Crippen LogP contribution in [-0.2, 0) is 14.8 Å². The lowest BCUT2D eigenvalue weighted by Gasteiger charge is -2.20. The Morgan fingerprint density at radius 2 is 1.82 bits per heavy atom. The molecule has 0 spiro atoms. The van der Waals surface area contributed by atoms with Gasteiger partial charge in [-0.05, 0) is 44.5 Å². The van der Waals surface area contributed by atoms with Crippen LogP contribution < -0.4 is 14.4 Å². The van der Waals surface area contributed by atoms with Crippen molar-refractivity contribution in [1.29, 1.82) is 0 Å². The maximum Gasteiger partial charge on any atom is 0.261 e. The van der Waals surface area contributed by atoms with Gasteiger partial charge in [0.2, 0.25) is 10.0 Å². The van der Waals surface area contributed by atoms with Crippen molar-refractivity contribution in [2.45, 2.75) is 39.3 Å². The van der Waals surface area contributed by atoms with Crippen molar-refractivity contribution in [3.05, 3.63) is 24.3 Å². The second kappa shape index (κ2) is 7.49. The molecule has 0 radical (unpaired) electrons. The summed E-state index contributed by atoms with van der Waals surface area (Å²) in [6, 6.07) is 6.65. The van der Waals surface area contributed by atoms with Gasteiger partial charge >= 0.3 is 0 Å². The zero-order valence-corrected chi connectivity index (χ0v) is 14.5. The van der Waals surface area contributed by atoms with E-state index in [-0.39, 0.29) is 11.9 Å². The molecule has 0 saturated heterocycles. The molecule has 1 N–H and O–H groups in total. The Kier molecular flexibility index (Phi) is 6.22. The summed E-state index contributed by atoms with van der Waals surface area (Å²) in [6.07, 6.45) is 1.12. The van der Waals surface area contributed by atoms with E-state index < -0.39 is 16.1 Å². The summed E-state index contributed by atoms with van der Waals surface area (Å²) >= 11 is 0. The summed E-state index contributed by atoms with van der Waals surface area (Å²) in [5.74, 6) is 0.367. The second-order valence-corrected chi connectivity index (χ2v) is 7.42. The molecule has 0 fully saturated rings. The maximum absolute atomic E-state index is 12.0. The highest BCUT2D eigenvalue weighted by Gasteiger charge is 2.19. The summed E-state index contributed by atoms with van der Waals surface area (Å²) < 4.78 is 29.8. The quantitative estimate of drug-likeness (QED) is 0.827. The number of carbonyl (C=O) groups is 1. The van der Waals surface area contributed by atoms with E-state index in [1.54, 1.807) is 24.3 Å². The molecule has 1 rings (SSSR count). The first-order chi connectivity index (χ1) is 10.1. The lowest BCUT2D eigenvalue weighted by Crippen LogP contribution is -2.41. The highest BCUT2D eigenvalue weighted by atomic mass is 32.2. The Balaban J connectivity index is 2.80. The Morgan fingerprint density at radius 3 is 2.23 bits per heavy atom. The van der Waals surface area contributed by atoms with Crippen LogP contribution in [0.4, 0.5) is 5.69 Å². The smallest absolute Gasteiger partial charge is 0.261 e. The number of hydrogen-bond donors (Lipinski definition) is 1. The molecule has 0 heterocycles. The minimum absolute atomic E-state index is 0.0518. The van der Waals surface area contributed by atoms with Crippen LogP contribution >= 0.6 is 0 Å². The van der Waals surface area contributed by atoms with Crippen molar-refractivity contribution in [1.82, 2.24) is 5.32 Å². The molecule has 0 bridgehead atoms. The van der Waals surface area contributed by atoms with Crippen LogP contribution in [0.5, 0.6) is 5.75 Å². The maximum atomic E-state index is 12.0. The van der Waals surface area contributed by atoms with Gasteiger partial charge in [-0.3, -0.25) is 9.10 Å². The lowest BCUT2D eigenvalue weighted by molar-refractivity contribution is -0.128. The number of amides is 1. The van der Waals surface area contributed by atoms with E-state index in [0.29, 0.717) is 17.9 Å². The molecule has 0 aliphatic rings. The molecule has 1 aromatic carbocycles. The number of carbonyl (C=O) groups excluding carboxylic acids is 1. The monoisotopic (exact) mass is 328 g/mol. The van der Waals surface area contributed by atoms with Crippen LogP contribution in [0, 0.1) is 0 Å². The van der Waals surface area contributed by atoms with Gasteiger partial charge in [0.1, 0.15) is 5.75 Å². The number of sulfonamides is 1. The van der Waals surface area contributed by atoms with E-state index >= 15 is 0 Å². The summed E-state index contributed by atoms with van der Waals surface area (Å²) in [4.78, 5) is 12.0. The van der Waals surface area contributed by atoms with Crippen LogP contribution in [0.15, 0.2) is 24.3 Å². The number of benzene rings is 1.